The molecule has 3 aromatic rings. The summed E-state index contributed by atoms with van der Waals surface area (Å²) in [4.78, 5) is 13.7. The molecule has 1 aromatic heterocycles. The normalized spacial score (nSPS) is 15.4. The van der Waals surface area contributed by atoms with E-state index in [1.165, 1.54) is 0 Å². The topological polar surface area (TPSA) is 69.8 Å². The van der Waals surface area contributed by atoms with Crippen molar-refractivity contribution in [2.24, 2.45) is 5.41 Å². The zero-order valence-corrected chi connectivity index (χ0v) is 19.9. The van der Waals surface area contributed by atoms with E-state index < -0.39 is 5.41 Å². The van der Waals surface area contributed by atoms with E-state index in [-0.39, 0.29) is 11.3 Å². The van der Waals surface area contributed by atoms with Crippen molar-refractivity contribution < 1.29 is 4.79 Å². The highest BCUT2D eigenvalue weighted by Crippen LogP contribution is 2.36. The molecular formula is C28H32N4O. The molecule has 1 aliphatic rings. The molecule has 0 saturated carbocycles. The van der Waals surface area contributed by atoms with Crippen LogP contribution in [0.25, 0.3) is 11.1 Å². The Morgan fingerprint density at radius 3 is 2.45 bits per heavy atom. The molecule has 0 bridgehead atoms. The molecule has 0 radical (unpaired) electrons. The highest BCUT2D eigenvalue weighted by atomic mass is 16.2. The molecule has 2 heterocycles. The van der Waals surface area contributed by atoms with E-state index in [4.69, 9.17) is 0 Å². The lowest BCUT2D eigenvalue weighted by molar-refractivity contribution is -0.122. The second kappa shape index (κ2) is 9.25. The predicted octanol–water partition coefficient (Wildman–Crippen LogP) is 5.04. The number of amides is 1. The second-order valence-electron chi connectivity index (χ2n) is 9.85. The molecule has 0 atom stereocenters. The third-order valence-corrected chi connectivity index (χ3v) is 6.17. The standard InChI is InChI=1S/C28H32N4O/c1-20-25(19-30-32-20)22-8-10-23(11-9-22)28(14-16-29-17-15-28)26(33)31-24-7-5-6-21(18-24)12-13-27(2,3)4/h5-11,18-19,29H,14-17H2,1-4H3,(H,30,32)(H,31,33). The maximum Gasteiger partial charge on any atom is 0.235 e. The number of benzene rings is 2. The molecule has 0 unspecified atom stereocenters. The SMILES string of the molecule is Cc1[nH]ncc1-c1ccc(C2(C(=O)Nc3cccc(C#CC(C)(C)C)c3)CCNCC2)cc1. The van der Waals surface area contributed by atoms with E-state index in [2.05, 4.69) is 77.7 Å². The van der Waals surface area contributed by atoms with Gasteiger partial charge in [-0.1, -0.05) is 42.2 Å². The van der Waals surface area contributed by atoms with Crippen molar-refractivity contribution in [2.45, 2.75) is 46.0 Å². The van der Waals surface area contributed by atoms with Crippen molar-refractivity contribution in [3.63, 3.8) is 0 Å². The number of aromatic nitrogens is 2. The number of nitrogens with one attached hydrogen (secondary N) is 3. The lowest BCUT2D eigenvalue weighted by atomic mass is 9.72. The Hall–Kier alpha value is -3.36. The van der Waals surface area contributed by atoms with E-state index in [0.717, 1.165) is 59.6 Å². The van der Waals surface area contributed by atoms with Crippen LogP contribution in [0.4, 0.5) is 5.69 Å². The van der Waals surface area contributed by atoms with Crippen LogP contribution < -0.4 is 10.6 Å². The Morgan fingerprint density at radius 1 is 1.09 bits per heavy atom. The van der Waals surface area contributed by atoms with E-state index in [9.17, 15) is 4.79 Å². The van der Waals surface area contributed by atoms with Gasteiger partial charge in [0.25, 0.3) is 0 Å². The summed E-state index contributed by atoms with van der Waals surface area (Å²) < 4.78 is 0. The number of aromatic amines is 1. The van der Waals surface area contributed by atoms with Crippen LogP contribution in [0, 0.1) is 24.2 Å². The van der Waals surface area contributed by atoms with Crippen molar-refractivity contribution in [3.8, 4) is 23.0 Å². The van der Waals surface area contributed by atoms with Gasteiger partial charge in [0, 0.05) is 27.9 Å². The van der Waals surface area contributed by atoms with Gasteiger partial charge in [-0.05, 0) is 83.0 Å². The molecule has 0 spiro atoms. The van der Waals surface area contributed by atoms with Gasteiger partial charge in [0.2, 0.25) is 5.91 Å². The molecular weight excluding hydrogens is 408 g/mol. The number of carbonyl (C=O) groups is 1. The summed E-state index contributed by atoms with van der Waals surface area (Å²) in [6.45, 7) is 9.90. The molecule has 170 valence electrons. The lowest BCUT2D eigenvalue weighted by Gasteiger charge is -2.37. The van der Waals surface area contributed by atoms with Crippen molar-refractivity contribution in [2.75, 3.05) is 18.4 Å². The Bertz CT molecular complexity index is 1180. The number of nitrogens with zero attached hydrogens (tertiary/aromatic N) is 1. The van der Waals surface area contributed by atoms with Gasteiger partial charge >= 0.3 is 0 Å². The summed E-state index contributed by atoms with van der Waals surface area (Å²) in [5, 5.41) is 13.7. The first-order chi connectivity index (χ1) is 15.8. The van der Waals surface area contributed by atoms with Gasteiger partial charge in [-0.25, -0.2) is 0 Å². The average molecular weight is 441 g/mol. The van der Waals surface area contributed by atoms with Gasteiger partial charge in [0.05, 0.1) is 11.6 Å². The van der Waals surface area contributed by atoms with E-state index in [1.54, 1.807) is 0 Å². The molecule has 5 nitrogen and oxygen atoms in total. The van der Waals surface area contributed by atoms with Crippen LogP contribution in [0.3, 0.4) is 0 Å². The fourth-order valence-electron chi connectivity index (χ4n) is 4.30. The first kappa shape index (κ1) is 22.8. The molecule has 3 N–H and O–H groups in total. The maximum absolute atomic E-state index is 13.7. The van der Waals surface area contributed by atoms with Crippen LogP contribution in [0.15, 0.2) is 54.7 Å². The number of piperidine rings is 1. The summed E-state index contributed by atoms with van der Waals surface area (Å²) in [6, 6.07) is 16.2. The smallest absolute Gasteiger partial charge is 0.235 e. The third kappa shape index (κ3) is 5.18. The van der Waals surface area contributed by atoms with Gasteiger partial charge in [-0.2, -0.15) is 5.10 Å². The van der Waals surface area contributed by atoms with E-state index in [1.807, 2.05) is 37.4 Å². The third-order valence-electron chi connectivity index (χ3n) is 6.17. The highest BCUT2D eigenvalue weighted by molar-refractivity contribution is 5.99. The summed E-state index contributed by atoms with van der Waals surface area (Å²) in [7, 11) is 0. The maximum atomic E-state index is 13.7. The van der Waals surface area contributed by atoms with E-state index in [0.29, 0.717) is 0 Å². The lowest BCUT2D eigenvalue weighted by Crippen LogP contribution is -2.48. The Labute approximate surface area is 196 Å². The fourth-order valence-corrected chi connectivity index (χ4v) is 4.30. The summed E-state index contributed by atoms with van der Waals surface area (Å²) >= 11 is 0. The molecule has 1 fully saturated rings. The number of anilines is 1. The van der Waals surface area contributed by atoms with Crippen LogP contribution in [-0.4, -0.2) is 29.2 Å². The van der Waals surface area contributed by atoms with Crippen LogP contribution >= 0.6 is 0 Å². The Balaban J connectivity index is 1.60. The molecule has 2 aromatic carbocycles. The number of rotatable bonds is 4. The number of hydrogen-bond donors (Lipinski definition) is 3. The summed E-state index contributed by atoms with van der Waals surface area (Å²) in [6.07, 6.45) is 3.35. The van der Waals surface area contributed by atoms with Crippen molar-refractivity contribution in [1.29, 1.82) is 0 Å². The van der Waals surface area contributed by atoms with Gasteiger partial charge in [0.15, 0.2) is 0 Å². The van der Waals surface area contributed by atoms with Gasteiger partial charge in [-0.15, -0.1) is 0 Å². The number of H-pyrrole nitrogens is 1. The fraction of sp³-hybridized carbons (Fsp3) is 0.357. The van der Waals surface area contributed by atoms with E-state index >= 15 is 0 Å². The first-order valence-electron chi connectivity index (χ1n) is 11.5. The van der Waals surface area contributed by atoms with Crippen molar-refractivity contribution in [1.82, 2.24) is 15.5 Å². The Morgan fingerprint density at radius 2 is 1.82 bits per heavy atom. The minimum Gasteiger partial charge on any atom is -0.325 e. The van der Waals surface area contributed by atoms with Crippen LogP contribution in [0.2, 0.25) is 0 Å². The monoisotopic (exact) mass is 440 g/mol. The minimum atomic E-state index is -0.567. The zero-order chi connectivity index (χ0) is 23.5. The van der Waals surface area contributed by atoms with Gasteiger partial charge < -0.3 is 10.6 Å². The molecule has 5 heteroatoms. The van der Waals surface area contributed by atoms with Crippen LogP contribution in [0.5, 0.6) is 0 Å². The number of aryl methyl sites for hydroxylation is 1. The largest absolute Gasteiger partial charge is 0.325 e. The average Bonchev–Trinajstić information content (AvgIpc) is 3.24. The predicted molar refractivity (Wildman–Crippen MR) is 134 cm³/mol. The molecule has 1 saturated heterocycles. The summed E-state index contributed by atoms with van der Waals surface area (Å²) in [5.74, 6) is 6.52. The molecule has 0 aliphatic carbocycles. The van der Waals surface area contributed by atoms with Crippen LogP contribution in [-0.2, 0) is 10.2 Å². The molecule has 4 rings (SSSR count). The van der Waals surface area contributed by atoms with Gasteiger partial charge in [-0.3, -0.25) is 9.89 Å². The highest BCUT2D eigenvalue weighted by Gasteiger charge is 2.41. The quantitative estimate of drug-likeness (QED) is 0.498. The molecule has 33 heavy (non-hydrogen) atoms. The number of carbonyl (C=O) groups excluding carboxylic acids is 1. The summed E-state index contributed by atoms with van der Waals surface area (Å²) in [5.41, 5.74) is 5.31. The zero-order valence-electron chi connectivity index (χ0n) is 19.9. The first-order valence-corrected chi connectivity index (χ1v) is 11.5. The van der Waals surface area contributed by atoms with Crippen molar-refractivity contribution in [3.05, 3.63) is 71.5 Å². The van der Waals surface area contributed by atoms with Gasteiger partial charge in [0.1, 0.15) is 0 Å². The minimum absolute atomic E-state index is 0.0390. The number of hydrogen-bond acceptors (Lipinski definition) is 3. The molecule has 1 aliphatic heterocycles. The van der Waals surface area contributed by atoms with Crippen LogP contribution in [0.1, 0.15) is 50.4 Å². The Kier molecular flexibility index (Phi) is 6.40. The second-order valence-corrected chi connectivity index (χ2v) is 9.85. The van der Waals surface area contributed by atoms with Crippen molar-refractivity contribution >= 4 is 11.6 Å². The molecule has 1 amide bonds.